The van der Waals surface area contributed by atoms with Gasteiger partial charge in [-0.15, -0.1) is 0 Å². The Hall–Kier alpha value is -2.24. The number of carbonyl (C=O) groups is 1. The molecule has 6 nitrogen and oxygen atoms in total. The molecule has 17 heavy (non-hydrogen) atoms. The van der Waals surface area contributed by atoms with Crippen LogP contribution in [-0.2, 0) is 13.6 Å². The Morgan fingerprint density at radius 2 is 2.24 bits per heavy atom. The lowest BCUT2D eigenvalue weighted by atomic mass is 10.2. The molecule has 0 radical (unpaired) electrons. The molecule has 2 N–H and O–H groups in total. The molecule has 0 aliphatic carbocycles. The Labute approximate surface area is 97.2 Å². The Bertz CT molecular complexity index is 612. The first-order valence-corrected chi connectivity index (χ1v) is 5.16. The molecule has 0 fully saturated rings. The van der Waals surface area contributed by atoms with Gasteiger partial charge in [-0.05, 0) is 17.7 Å². The fraction of sp³-hybridized carbons (Fsp3) is 0.273. The SMILES string of the molecule is CNC(=O)NCc1ccc2oc(=O)n(C)c2c1. The Morgan fingerprint density at radius 3 is 2.94 bits per heavy atom. The lowest BCUT2D eigenvalue weighted by Crippen LogP contribution is -2.32. The summed E-state index contributed by atoms with van der Waals surface area (Å²) in [4.78, 5) is 22.3. The first kappa shape index (κ1) is 11.3. The molecule has 0 aliphatic rings. The van der Waals surface area contributed by atoms with E-state index in [-0.39, 0.29) is 6.03 Å². The molecule has 6 heteroatoms. The van der Waals surface area contributed by atoms with Gasteiger partial charge in [0.1, 0.15) is 0 Å². The number of urea groups is 1. The van der Waals surface area contributed by atoms with E-state index in [0.717, 1.165) is 5.56 Å². The van der Waals surface area contributed by atoms with Crippen LogP contribution in [0.4, 0.5) is 4.79 Å². The number of amides is 2. The lowest BCUT2D eigenvalue weighted by Gasteiger charge is -2.04. The smallest absolute Gasteiger partial charge is 0.408 e. The number of fused-ring (bicyclic) bond motifs is 1. The largest absolute Gasteiger partial charge is 0.419 e. The fourth-order valence-electron chi connectivity index (χ4n) is 1.55. The third-order valence-electron chi connectivity index (χ3n) is 2.54. The van der Waals surface area contributed by atoms with Gasteiger partial charge in [0.05, 0.1) is 5.52 Å². The monoisotopic (exact) mass is 235 g/mol. The molecule has 2 amide bonds. The molecule has 1 aromatic heterocycles. The van der Waals surface area contributed by atoms with Crippen molar-refractivity contribution < 1.29 is 9.21 Å². The van der Waals surface area contributed by atoms with Crippen molar-refractivity contribution in [2.45, 2.75) is 6.54 Å². The van der Waals surface area contributed by atoms with Crippen LogP contribution < -0.4 is 16.4 Å². The normalized spacial score (nSPS) is 10.5. The summed E-state index contributed by atoms with van der Waals surface area (Å²) in [6.07, 6.45) is 0. The number of oxazole rings is 1. The minimum Gasteiger partial charge on any atom is -0.408 e. The van der Waals surface area contributed by atoms with E-state index < -0.39 is 5.76 Å². The standard InChI is InChI=1S/C11H13N3O3/c1-12-10(15)13-6-7-3-4-9-8(5-7)14(2)11(16)17-9/h3-5H,6H2,1-2H3,(H2,12,13,15). The summed E-state index contributed by atoms with van der Waals surface area (Å²) in [5.74, 6) is -0.392. The molecule has 0 saturated carbocycles. The van der Waals surface area contributed by atoms with Crippen molar-refractivity contribution in [3.63, 3.8) is 0 Å². The number of rotatable bonds is 2. The third-order valence-corrected chi connectivity index (χ3v) is 2.54. The molecule has 90 valence electrons. The average molecular weight is 235 g/mol. The summed E-state index contributed by atoms with van der Waals surface area (Å²) in [6.45, 7) is 0.398. The molecule has 0 unspecified atom stereocenters. The Kier molecular flexibility index (Phi) is 2.86. The van der Waals surface area contributed by atoms with Crippen molar-refractivity contribution in [1.82, 2.24) is 15.2 Å². The topological polar surface area (TPSA) is 76.3 Å². The van der Waals surface area contributed by atoms with E-state index in [4.69, 9.17) is 4.42 Å². The molecule has 2 aromatic rings. The van der Waals surface area contributed by atoms with Gasteiger partial charge in [-0.25, -0.2) is 9.59 Å². The van der Waals surface area contributed by atoms with E-state index in [1.165, 1.54) is 4.57 Å². The predicted molar refractivity (Wildman–Crippen MR) is 62.8 cm³/mol. The van der Waals surface area contributed by atoms with Crippen molar-refractivity contribution >= 4 is 17.1 Å². The van der Waals surface area contributed by atoms with Crippen molar-refractivity contribution in [1.29, 1.82) is 0 Å². The number of benzene rings is 1. The molecule has 0 bridgehead atoms. The highest BCUT2D eigenvalue weighted by Gasteiger charge is 2.06. The highest BCUT2D eigenvalue weighted by atomic mass is 16.4. The second-order valence-electron chi connectivity index (χ2n) is 3.66. The predicted octanol–water partition coefficient (Wildman–Crippen LogP) is 0.560. The van der Waals surface area contributed by atoms with Gasteiger partial charge in [0.2, 0.25) is 0 Å². The number of nitrogens with zero attached hydrogens (tertiary/aromatic N) is 1. The molecule has 0 spiro atoms. The van der Waals surface area contributed by atoms with E-state index in [9.17, 15) is 9.59 Å². The summed E-state index contributed by atoms with van der Waals surface area (Å²) in [6, 6.07) is 5.10. The van der Waals surface area contributed by atoms with Gasteiger partial charge in [-0.2, -0.15) is 0 Å². The summed E-state index contributed by atoms with van der Waals surface area (Å²) in [5.41, 5.74) is 2.16. The highest BCUT2D eigenvalue weighted by Crippen LogP contribution is 2.13. The summed E-state index contributed by atoms with van der Waals surface area (Å²) in [7, 11) is 3.20. The third kappa shape index (κ3) is 2.15. The summed E-state index contributed by atoms with van der Waals surface area (Å²) < 4.78 is 6.44. The number of carbonyl (C=O) groups excluding carboxylic acids is 1. The fourth-order valence-corrected chi connectivity index (χ4v) is 1.55. The zero-order chi connectivity index (χ0) is 12.4. The van der Waals surface area contributed by atoms with Crippen LogP contribution in [0.1, 0.15) is 5.56 Å². The number of aryl methyl sites for hydroxylation is 1. The number of hydrogen-bond acceptors (Lipinski definition) is 3. The Morgan fingerprint density at radius 1 is 1.47 bits per heavy atom. The lowest BCUT2D eigenvalue weighted by molar-refractivity contribution is 0.242. The highest BCUT2D eigenvalue weighted by molar-refractivity contribution is 5.75. The molecule has 0 aliphatic heterocycles. The number of nitrogens with one attached hydrogen (secondary N) is 2. The molecule has 1 aromatic carbocycles. The van der Waals surface area contributed by atoms with E-state index >= 15 is 0 Å². The zero-order valence-corrected chi connectivity index (χ0v) is 9.61. The van der Waals surface area contributed by atoms with Gasteiger partial charge in [0.15, 0.2) is 5.58 Å². The Balaban J connectivity index is 2.28. The van der Waals surface area contributed by atoms with Gasteiger partial charge >= 0.3 is 11.8 Å². The maximum Gasteiger partial charge on any atom is 0.419 e. The van der Waals surface area contributed by atoms with Gasteiger partial charge in [-0.3, -0.25) is 4.57 Å². The van der Waals surface area contributed by atoms with Gasteiger partial charge < -0.3 is 15.1 Å². The van der Waals surface area contributed by atoms with E-state index in [0.29, 0.717) is 17.6 Å². The first-order chi connectivity index (χ1) is 8.11. The molecule has 1 heterocycles. The maximum absolute atomic E-state index is 11.3. The molecule has 2 rings (SSSR count). The van der Waals surface area contributed by atoms with Crippen LogP contribution in [0.5, 0.6) is 0 Å². The van der Waals surface area contributed by atoms with Crippen LogP contribution >= 0.6 is 0 Å². The van der Waals surface area contributed by atoms with Crippen molar-refractivity contribution in [2.24, 2.45) is 7.05 Å². The quantitative estimate of drug-likeness (QED) is 0.798. The molecular weight excluding hydrogens is 222 g/mol. The van der Waals surface area contributed by atoms with Crippen molar-refractivity contribution in [2.75, 3.05) is 7.05 Å². The molecule has 0 atom stereocenters. The van der Waals surface area contributed by atoms with Crippen LogP contribution in [-0.4, -0.2) is 17.6 Å². The van der Waals surface area contributed by atoms with Crippen LogP contribution in [0, 0.1) is 0 Å². The van der Waals surface area contributed by atoms with Crippen LogP contribution in [0.25, 0.3) is 11.1 Å². The number of aromatic nitrogens is 1. The summed E-state index contributed by atoms with van der Waals surface area (Å²) in [5, 5.41) is 5.14. The molecular formula is C11H13N3O3. The summed E-state index contributed by atoms with van der Waals surface area (Å²) >= 11 is 0. The maximum atomic E-state index is 11.3. The second-order valence-corrected chi connectivity index (χ2v) is 3.66. The van der Waals surface area contributed by atoms with Crippen molar-refractivity contribution in [3.8, 4) is 0 Å². The van der Waals surface area contributed by atoms with Crippen molar-refractivity contribution in [3.05, 3.63) is 34.3 Å². The van der Waals surface area contributed by atoms with E-state index in [1.54, 1.807) is 26.2 Å². The minimum atomic E-state index is -0.392. The van der Waals surface area contributed by atoms with Crippen LogP contribution in [0.3, 0.4) is 0 Å². The molecule has 0 saturated heterocycles. The van der Waals surface area contributed by atoms with E-state index in [1.807, 2.05) is 6.07 Å². The van der Waals surface area contributed by atoms with Gasteiger partial charge in [-0.1, -0.05) is 6.07 Å². The average Bonchev–Trinajstić information content (AvgIpc) is 2.62. The van der Waals surface area contributed by atoms with Crippen LogP contribution in [0.2, 0.25) is 0 Å². The van der Waals surface area contributed by atoms with Crippen LogP contribution in [0.15, 0.2) is 27.4 Å². The van der Waals surface area contributed by atoms with Gasteiger partial charge in [0.25, 0.3) is 0 Å². The minimum absolute atomic E-state index is 0.244. The number of hydrogen-bond donors (Lipinski definition) is 2. The zero-order valence-electron chi connectivity index (χ0n) is 9.61. The van der Waals surface area contributed by atoms with Gasteiger partial charge in [0, 0.05) is 20.6 Å². The first-order valence-electron chi connectivity index (χ1n) is 5.16. The second kappa shape index (κ2) is 4.32. The van der Waals surface area contributed by atoms with E-state index in [2.05, 4.69) is 10.6 Å².